The molecule has 0 radical (unpaired) electrons. The van der Waals surface area contributed by atoms with Crippen molar-refractivity contribution in [2.45, 2.75) is 25.1 Å². The van der Waals surface area contributed by atoms with E-state index in [1.807, 2.05) is 18.2 Å². The Balaban J connectivity index is 0.00000192. The summed E-state index contributed by atoms with van der Waals surface area (Å²) < 4.78 is 0. The zero-order chi connectivity index (χ0) is 18.2. The van der Waals surface area contributed by atoms with Gasteiger partial charge in [0.05, 0.1) is 23.5 Å². The number of benzene rings is 3. The number of aromatic nitrogens is 2. The molecule has 2 unspecified atom stereocenters. The van der Waals surface area contributed by atoms with E-state index in [2.05, 4.69) is 63.8 Å². The molecule has 4 nitrogen and oxygen atoms in total. The maximum Gasteiger partial charge on any atom is 0.0948 e. The van der Waals surface area contributed by atoms with Crippen molar-refractivity contribution in [1.82, 2.24) is 15.3 Å². The Morgan fingerprint density at radius 3 is 2.61 bits per heavy atom. The van der Waals surface area contributed by atoms with E-state index in [1.165, 1.54) is 16.7 Å². The monoisotopic (exact) mass is 391 g/mol. The molecule has 0 spiro atoms. The highest BCUT2D eigenvalue weighted by molar-refractivity contribution is 5.85. The summed E-state index contributed by atoms with van der Waals surface area (Å²) in [6.07, 6.45) is 2.17. The van der Waals surface area contributed by atoms with Crippen LogP contribution in [0.3, 0.4) is 0 Å². The Morgan fingerprint density at radius 2 is 1.79 bits per heavy atom. The lowest BCUT2D eigenvalue weighted by Gasteiger charge is -2.17. The van der Waals surface area contributed by atoms with E-state index in [-0.39, 0.29) is 18.4 Å². The van der Waals surface area contributed by atoms with Crippen LogP contribution in [-0.2, 0) is 13.0 Å². The molecule has 142 valence electrons. The Labute approximate surface area is 170 Å². The van der Waals surface area contributed by atoms with Gasteiger partial charge in [0.15, 0.2) is 0 Å². The summed E-state index contributed by atoms with van der Waals surface area (Å²) in [7, 11) is 0. The lowest BCUT2D eigenvalue weighted by atomic mass is 10.0. The highest BCUT2D eigenvalue weighted by Gasteiger charge is 2.29. The molecule has 0 fully saturated rings. The summed E-state index contributed by atoms with van der Waals surface area (Å²) >= 11 is 0. The van der Waals surface area contributed by atoms with Gasteiger partial charge in [-0.25, -0.2) is 4.98 Å². The smallest absolute Gasteiger partial charge is 0.0948 e. The minimum absolute atomic E-state index is 0. The van der Waals surface area contributed by atoms with Gasteiger partial charge < -0.3 is 15.4 Å². The van der Waals surface area contributed by atoms with Gasteiger partial charge in [0.2, 0.25) is 0 Å². The number of rotatable bonds is 4. The van der Waals surface area contributed by atoms with Crippen molar-refractivity contribution in [2.24, 2.45) is 0 Å². The molecule has 3 N–H and O–H groups in total. The van der Waals surface area contributed by atoms with Crippen LogP contribution in [0, 0.1) is 0 Å². The molecule has 0 bridgehead atoms. The van der Waals surface area contributed by atoms with Crippen LogP contribution < -0.4 is 5.32 Å². The van der Waals surface area contributed by atoms with E-state index in [1.54, 1.807) is 6.33 Å². The minimum Gasteiger partial charge on any atom is -0.387 e. The van der Waals surface area contributed by atoms with Crippen LogP contribution in [0.2, 0.25) is 0 Å². The van der Waals surface area contributed by atoms with Gasteiger partial charge in [0.25, 0.3) is 0 Å². The molecule has 0 amide bonds. The van der Waals surface area contributed by atoms with Crippen LogP contribution in [0.1, 0.15) is 22.8 Å². The SMILES string of the molecule is Cl.OC1c2ccccc2CC1NCc1ccc(-c2ccc3[nH]cnc3c2)cc1. The number of hydrogen-bond donors (Lipinski definition) is 3. The third-order valence-corrected chi connectivity index (χ3v) is 5.47. The second-order valence-electron chi connectivity index (χ2n) is 7.17. The van der Waals surface area contributed by atoms with Crippen molar-refractivity contribution in [3.8, 4) is 11.1 Å². The molecule has 4 aromatic rings. The standard InChI is InChI=1S/C23H21N3O.ClH/c27-23-19-4-2-1-3-18(19)12-22(23)24-13-15-5-7-16(8-6-15)17-9-10-20-21(11-17)26-14-25-20;/h1-11,14,22-24,27H,12-13H2,(H,25,26);1H. The molecule has 0 saturated heterocycles. The van der Waals surface area contributed by atoms with Crippen LogP contribution >= 0.6 is 12.4 Å². The van der Waals surface area contributed by atoms with Crippen LogP contribution in [0.4, 0.5) is 0 Å². The summed E-state index contributed by atoms with van der Waals surface area (Å²) in [5.74, 6) is 0. The van der Waals surface area contributed by atoms with Gasteiger partial charge in [-0.2, -0.15) is 0 Å². The van der Waals surface area contributed by atoms with Crippen molar-refractivity contribution >= 4 is 23.4 Å². The molecule has 1 aliphatic rings. The lowest BCUT2D eigenvalue weighted by molar-refractivity contribution is 0.141. The van der Waals surface area contributed by atoms with Gasteiger partial charge in [-0.15, -0.1) is 12.4 Å². The van der Waals surface area contributed by atoms with Gasteiger partial charge in [-0.05, 0) is 46.4 Å². The molecule has 1 aliphatic carbocycles. The maximum absolute atomic E-state index is 10.5. The van der Waals surface area contributed by atoms with E-state index in [0.717, 1.165) is 35.1 Å². The predicted octanol–water partition coefficient (Wildman–Crippen LogP) is 4.40. The highest BCUT2D eigenvalue weighted by atomic mass is 35.5. The zero-order valence-electron chi connectivity index (χ0n) is 15.3. The molecule has 5 heteroatoms. The number of hydrogen-bond acceptors (Lipinski definition) is 3. The number of aliphatic hydroxyl groups is 1. The van der Waals surface area contributed by atoms with Crippen LogP contribution in [0.25, 0.3) is 22.2 Å². The lowest BCUT2D eigenvalue weighted by Crippen LogP contribution is -2.32. The molecule has 0 saturated carbocycles. The second kappa shape index (κ2) is 7.76. The number of imidazole rings is 1. The molecule has 3 aromatic carbocycles. The second-order valence-corrected chi connectivity index (χ2v) is 7.17. The molecular formula is C23H22ClN3O. The third-order valence-electron chi connectivity index (χ3n) is 5.47. The fourth-order valence-electron chi connectivity index (χ4n) is 3.93. The number of nitrogens with one attached hydrogen (secondary N) is 2. The largest absolute Gasteiger partial charge is 0.387 e. The van der Waals surface area contributed by atoms with Crippen molar-refractivity contribution in [3.05, 3.63) is 89.7 Å². The van der Waals surface area contributed by atoms with Crippen LogP contribution in [0.15, 0.2) is 73.1 Å². The Kier molecular flexibility index (Phi) is 5.18. The summed E-state index contributed by atoms with van der Waals surface area (Å²) in [6.45, 7) is 0.744. The zero-order valence-corrected chi connectivity index (χ0v) is 16.1. The summed E-state index contributed by atoms with van der Waals surface area (Å²) in [5, 5.41) is 14.0. The first kappa shape index (κ1) is 18.7. The average Bonchev–Trinajstić information content (AvgIpc) is 3.31. The highest BCUT2D eigenvalue weighted by Crippen LogP contribution is 2.31. The molecule has 1 aromatic heterocycles. The van der Waals surface area contributed by atoms with Gasteiger partial charge in [0.1, 0.15) is 0 Å². The first-order valence-electron chi connectivity index (χ1n) is 9.30. The summed E-state index contributed by atoms with van der Waals surface area (Å²) in [4.78, 5) is 7.45. The van der Waals surface area contributed by atoms with E-state index < -0.39 is 6.10 Å². The first-order valence-corrected chi connectivity index (χ1v) is 9.30. The number of H-pyrrole nitrogens is 1. The number of nitrogens with zero attached hydrogens (tertiary/aromatic N) is 1. The van der Waals surface area contributed by atoms with Crippen molar-refractivity contribution in [1.29, 1.82) is 0 Å². The number of halogens is 1. The quantitative estimate of drug-likeness (QED) is 0.483. The molecule has 0 aliphatic heterocycles. The third kappa shape index (κ3) is 3.42. The Morgan fingerprint density at radius 1 is 1.00 bits per heavy atom. The van der Waals surface area contributed by atoms with Gasteiger partial charge in [0, 0.05) is 12.6 Å². The van der Waals surface area contributed by atoms with E-state index in [0.29, 0.717) is 0 Å². The average molecular weight is 392 g/mol. The van der Waals surface area contributed by atoms with E-state index in [4.69, 9.17) is 0 Å². The number of aliphatic hydroxyl groups excluding tert-OH is 1. The predicted molar refractivity (Wildman–Crippen MR) is 115 cm³/mol. The minimum atomic E-state index is -0.430. The molecule has 5 rings (SSSR count). The Bertz CT molecular complexity index is 1090. The van der Waals surface area contributed by atoms with Gasteiger partial charge in [-0.1, -0.05) is 54.6 Å². The summed E-state index contributed by atoms with van der Waals surface area (Å²) in [6, 6.07) is 23.1. The summed E-state index contributed by atoms with van der Waals surface area (Å²) in [5.41, 5.74) is 7.88. The van der Waals surface area contributed by atoms with Crippen LogP contribution in [0.5, 0.6) is 0 Å². The fourth-order valence-corrected chi connectivity index (χ4v) is 3.93. The maximum atomic E-state index is 10.5. The fraction of sp³-hybridized carbons (Fsp3) is 0.174. The van der Waals surface area contributed by atoms with Crippen molar-refractivity contribution < 1.29 is 5.11 Å². The van der Waals surface area contributed by atoms with Crippen molar-refractivity contribution in [2.75, 3.05) is 0 Å². The number of aromatic amines is 1. The topological polar surface area (TPSA) is 60.9 Å². The molecule has 28 heavy (non-hydrogen) atoms. The first-order chi connectivity index (χ1) is 13.3. The Hall–Kier alpha value is -2.66. The normalized spacial score (nSPS) is 18.0. The van der Waals surface area contributed by atoms with E-state index in [9.17, 15) is 5.11 Å². The van der Waals surface area contributed by atoms with Crippen molar-refractivity contribution in [3.63, 3.8) is 0 Å². The van der Waals surface area contributed by atoms with Gasteiger partial charge in [-0.3, -0.25) is 0 Å². The molecular weight excluding hydrogens is 370 g/mol. The molecule has 1 heterocycles. The van der Waals surface area contributed by atoms with Gasteiger partial charge >= 0.3 is 0 Å². The molecule has 2 atom stereocenters. The number of fused-ring (bicyclic) bond motifs is 2. The van der Waals surface area contributed by atoms with E-state index >= 15 is 0 Å². The van der Waals surface area contributed by atoms with Crippen LogP contribution in [-0.4, -0.2) is 21.1 Å².